The third-order valence-corrected chi connectivity index (χ3v) is 13.4. The molecule has 348 valence electrons. The fourth-order valence-electron chi connectivity index (χ4n) is 9.03. The average molecular weight is 934 g/mol. The molecule has 1 saturated carbocycles. The van der Waals surface area contributed by atoms with E-state index in [0.29, 0.717) is 71.6 Å². The largest absolute Gasteiger partial charge is 0.573 e. The van der Waals surface area contributed by atoms with Crippen LogP contribution in [0.25, 0.3) is 21.5 Å². The van der Waals surface area contributed by atoms with E-state index in [-0.39, 0.29) is 103 Å². The molecule has 20 heteroatoms. The minimum absolute atomic E-state index is 0.0691. The number of furan rings is 1. The van der Waals surface area contributed by atoms with Gasteiger partial charge in [-0.2, -0.15) is 0 Å². The number of anilines is 2. The molecule has 3 aromatic heterocycles. The summed E-state index contributed by atoms with van der Waals surface area (Å²) in [5.41, 5.74) is 1.42. The van der Waals surface area contributed by atoms with Gasteiger partial charge in [0.05, 0.1) is 17.4 Å². The quantitative estimate of drug-likeness (QED) is 0.0541. The number of hydrogen-bond donors (Lipinski definition) is 2. The molecule has 4 fully saturated rings. The minimum atomic E-state index is -4.88. The lowest BCUT2D eigenvalue weighted by Crippen LogP contribution is -2.52. The first-order chi connectivity index (χ1) is 31.8. The zero-order chi connectivity index (χ0) is 46.1. The first kappa shape index (κ1) is 44.9. The number of aromatic nitrogens is 2. The molecule has 9 rings (SSSR count). The SMILES string of the molecule is C=CC(=O)N1CCN(c2ccc(CCC(=O)NCCCNC(=O)c3cc(F)c4nc(N5C6CCC5CC(OCc5c(-c7ccccc7OC(F)(F)F)noc5C5CC5)C6)sc4c3)o2)C(=O)C1. The normalized spacial score (nSPS) is 19.7. The number of alkyl halides is 3. The number of benzene rings is 2. The summed E-state index contributed by atoms with van der Waals surface area (Å²) in [4.78, 5) is 59.9. The zero-order valence-corrected chi connectivity index (χ0v) is 36.6. The summed E-state index contributed by atoms with van der Waals surface area (Å²) in [6.45, 7) is 4.69. The Morgan fingerprint density at radius 2 is 1.77 bits per heavy atom. The Bertz CT molecular complexity index is 2630. The third-order valence-electron chi connectivity index (χ3n) is 12.4. The van der Waals surface area contributed by atoms with E-state index in [0.717, 1.165) is 25.7 Å². The van der Waals surface area contributed by atoms with Crippen molar-refractivity contribution in [3.63, 3.8) is 0 Å². The molecule has 15 nitrogen and oxygen atoms in total. The molecule has 2 N–H and O–H groups in total. The van der Waals surface area contributed by atoms with Gasteiger partial charge in [-0.05, 0) is 81.4 Å². The highest BCUT2D eigenvalue weighted by molar-refractivity contribution is 7.22. The van der Waals surface area contributed by atoms with Gasteiger partial charge >= 0.3 is 6.36 Å². The smallest absolute Gasteiger partial charge is 0.445 e. The topological polar surface area (TPSA) is 173 Å². The molecular weight excluding hydrogens is 887 g/mol. The molecule has 2 aromatic carbocycles. The second-order valence-electron chi connectivity index (χ2n) is 16.9. The molecule has 4 aliphatic rings. The van der Waals surface area contributed by atoms with Crippen molar-refractivity contribution in [1.29, 1.82) is 0 Å². The van der Waals surface area contributed by atoms with E-state index >= 15 is 4.39 Å². The van der Waals surface area contributed by atoms with E-state index in [1.807, 2.05) is 0 Å². The van der Waals surface area contributed by atoms with Gasteiger partial charge in [-0.15, -0.1) is 13.2 Å². The van der Waals surface area contributed by atoms with Crippen molar-refractivity contribution in [3.05, 3.63) is 89.7 Å². The number of hydrogen-bond acceptors (Lipinski definition) is 12. The van der Waals surface area contributed by atoms with Crippen molar-refractivity contribution in [3.8, 4) is 17.0 Å². The first-order valence-corrected chi connectivity index (χ1v) is 22.8. The van der Waals surface area contributed by atoms with Crippen LogP contribution in [0.3, 0.4) is 0 Å². The van der Waals surface area contributed by atoms with Gasteiger partial charge in [0, 0.05) is 79.8 Å². The number of fused-ring (bicyclic) bond motifs is 3. The lowest BCUT2D eigenvalue weighted by atomic mass is 10.00. The molecule has 2 unspecified atom stereocenters. The minimum Gasteiger partial charge on any atom is -0.445 e. The first-order valence-electron chi connectivity index (χ1n) is 22.0. The maximum absolute atomic E-state index is 15.5. The molecule has 0 radical (unpaired) electrons. The summed E-state index contributed by atoms with van der Waals surface area (Å²) in [6.07, 6.45) is 1.97. The molecule has 2 atom stereocenters. The molecule has 3 saturated heterocycles. The van der Waals surface area contributed by atoms with Crippen molar-refractivity contribution in [2.75, 3.05) is 42.5 Å². The van der Waals surface area contributed by atoms with Crippen molar-refractivity contribution in [2.24, 2.45) is 0 Å². The number of nitrogens with zero attached hydrogens (tertiary/aromatic N) is 5. The van der Waals surface area contributed by atoms with Gasteiger partial charge in [0.25, 0.3) is 5.91 Å². The number of halogens is 4. The van der Waals surface area contributed by atoms with Gasteiger partial charge in [-0.1, -0.05) is 35.2 Å². The number of piperidine rings is 1. The fraction of sp³-hybridized carbons (Fsp3) is 0.435. The van der Waals surface area contributed by atoms with E-state index in [2.05, 4.69) is 37.0 Å². The Balaban J connectivity index is 0.742. The van der Waals surface area contributed by atoms with E-state index in [4.69, 9.17) is 13.7 Å². The van der Waals surface area contributed by atoms with Gasteiger partial charge in [0.2, 0.25) is 23.6 Å². The van der Waals surface area contributed by atoms with Gasteiger partial charge in [-0.3, -0.25) is 24.1 Å². The lowest BCUT2D eigenvalue weighted by Gasteiger charge is -2.38. The number of rotatable bonds is 17. The predicted molar refractivity (Wildman–Crippen MR) is 233 cm³/mol. The molecule has 6 heterocycles. The summed E-state index contributed by atoms with van der Waals surface area (Å²) in [5, 5.41) is 10.5. The summed E-state index contributed by atoms with van der Waals surface area (Å²) in [7, 11) is 0. The van der Waals surface area contributed by atoms with E-state index in [1.54, 1.807) is 24.3 Å². The second-order valence-corrected chi connectivity index (χ2v) is 17.9. The fourth-order valence-corrected chi connectivity index (χ4v) is 10.2. The molecule has 4 amide bonds. The number of carbonyl (C=O) groups excluding carboxylic acids is 4. The monoisotopic (exact) mass is 933 g/mol. The third kappa shape index (κ3) is 9.93. The van der Waals surface area contributed by atoms with Crippen molar-refractivity contribution in [1.82, 2.24) is 25.7 Å². The summed E-state index contributed by atoms with van der Waals surface area (Å²) >= 11 is 1.33. The highest BCUT2D eigenvalue weighted by Gasteiger charge is 2.43. The van der Waals surface area contributed by atoms with Crippen LogP contribution in [0.4, 0.5) is 28.6 Å². The number of ether oxygens (including phenoxy) is 2. The van der Waals surface area contributed by atoms with Crippen molar-refractivity contribution in [2.45, 2.75) is 94.9 Å². The zero-order valence-electron chi connectivity index (χ0n) is 35.7. The number of carbonyl (C=O) groups is 4. The van der Waals surface area contributed by atoms with E-state index < -0.39 is 18.1 Å². The Hall–Kier alpha value is -6.28. The predicted octanol–water partition coefficient (Wildman–Crippen LogP) is 7.41. The van der Waals surface area contributed by atoms with Gasteiger partial charge in [0.1, 0.15) is 35.0 Å². The molecule has 3 aliphatic heterocycles. The summed E-state index contributed by atoms with van der Waals surface area (Å²) in [5.74, 6) is -0.547. The van der Waals surface area contributed by atoms with Crippen LogP contribution >= 0.6 is 11.3 Å². The molecule has 0 spiro atoms. The van der Waals surface area contributed by atoms with E-state index in [1.165, 1.54) is 51.5 Å². The van der Waals surface area contributed by atoms with Crippen LogP contribution in [-0.2, 0) is 32.1 Å². The van der Waals surface area contributed by atoms with Gasteiger partial charge in [0.15, 0.2) is 10.9 Å². The second kappa shape index (κ2) is 18.9. The maximum atomic E-state index is 15.5. The number of piperazine rings is 1. The van der Waals surface area contributed by atoms with Gasteiger partial charge in [-0.25, -0.2) is 9.37 Å². The lowest BCUT2D eigenvalue weighted by molar-refractivity contribution is -0.274. The van der Waals surface area contributed by atoms with Crippen LogP contribution in [0.5, 0.6) is 5.75 Å². The molecule has 66 heavy (non-hydrogen) atoms. The van der Waals surface area contributed by atoms with Crippen LogP contribution in [-0.4, -0.2) is 95.9 Å². The number of nitrogens with one attached hydrogen (secondary N) is 2. The van der Waals surface area contributed by atoms with Crippen LogP contribution in [0.1, 0.15) is 84.7 Å². The number of amides is 4. The maximum Gasteiger partial charge on any atom is 0.573 e. The highest BCUT2D eigenvalue weighted by atomic mass is 32.1. The Morgan fingerprint density at radius 3 is 2.52 bits per heavy atom. The number of para-hydroxylation sites is 1. The Morgan fingerprint density at radius 1 is 1.00 bits per heavy atom. The Kier molecular flexibility index (Phi) is 12.9. The van der Waals surface area contributed by atoms with Crippen LogP contribution in [0.2, 0.25) is 0 Å². The number of aryl methyl sites for hydroxylation is 1. The van der Waals surface area contributed by atoms with Crippen molar-refractivity contribution < 1.29 is 55.2 Å². The average Bonchev–Trinajstić information content (AvgIpc) is 3.55. The molecule has 1 aliphatic carbocycles. The molecular formula is C46H47F4N7O8S. The summed E-state index contributed by atoms with van der Waals surface area (Å²) in [6, 6.07) is 12.2. The van der Waals surface area contributed by atoms with E-state index in [9.17, 15) is 32.3 Å². The Labute approximate surface area is 380 Å². The molecule has 5 aromatic rings. The van der Waals surface area contributed by atoms with Gasteiger partial charge < -0.3 is 38.8 Å². The van der Waals surface area contributed by atoms with Crippen LogP contribution in [0, 0.1) is 5.82 Å². The number of thiazole rings is 1. The standard InChI is InChI=1S/C46H47F4N7O8S/c1-2-38(59)55-18-19-56(39(60)24-55)40-15-13-30(63-40)12-14-37(58)51-16-5-17-52-44(61)27-20-34(47)42-36(21-27)66-45(53-42)57-28-10-11-29(57)23-31(22-28)62-25-33-41(54-65-43(33)26-8-9-26)32-6-3-4-7-35(32)64-46(48,49)50/h2-4,6-7,13,15,20-21,26,28-29,31H,1,5,8-12,14,16-19,22-25H2,(H,51,58)(H,52,61). The highest BCUT2D eigenvalue weighted by Crippen LogP contribution is 2.47. The van der Waals surface area contributed by atoms with Crippen LogP contribution < -0.4 is 25.2 Å². The van der Waals surface area contributed by atoms with Crippen LogP contribution in [0.15, 0.2) is 70.1 Å². The van der Waals surface area contributed by atoms with Crippen molar-refractivity contribution >= 4 is 56.2 Å². The molecule has 2 bridgehead atoms. The summed E-state index contributed by atoms with van der Waals surface area (Å²) < 4.78 is 78.2.